The standard InChI is InChI=1S/C12H21N3O/c1-8-5-6-15-10(14)9(8)12(16,7-13)11(2,3)4/h5-6,16H,7,13H2,1-4H3,(H2,14,15). The summed E-state index contributed by atoms with van der Waals surface area (Å²) < 4.78 is 0. The van der Waals surface area contributed by atoms with E-state index in [4.69, 9.17) is 11.5 Å². The third-order valence-electron chi connectivity index (χ3n) is 3.14. The highest BCUT2D eigenvalue weighted by Gasteiger charge is 2.43. The number of nitrogens with zero attached hydrogens (tertiary/aromatic N) is 1. The Balaban J connectivity index is 3.46. The number of nitrogen functional groups attached to an aromatic ring is 1. The molecule has 0 aliphatic heterocycles. The minimum atomic E-state index is -1.16. The predicted molar refractivity (Wildman–Crippen MR) is 65.8 cm³/mol. The van der Waals surface area contributed by atoms with Crippen molar-refractivity contribution in [3.05, 3.63) is 23.4 Å². The number of nitrogens with two attached hydrogens (primary N) is 2. The molecule has 1 rings (SSSR count). The van der Waals surface area contributed by atoms with Gasteiger partial charge in [-0.2, -0.15) is 0 Å². The number of hydrogen-bond acceptors (Lipinski definition) is 4. The molecule has 0 fully saturated rings. The molecule has 4 heteroatoms. The minimum Gasteiger partial charge on any atom is -0.383 e. The van der Waals surface area contributed by atoms with Crippen LogP contribution in [0.15, 0.2) is 12.3 Å². The lowest BCUT2D eigenvalue weighted by molar-refractivity contribution is -0.0557. The van der Waals surface area contributed by atoms with E-state index < -0.39 is 11.0 Å². The third-order valence-corrected chi connectivity index (χ3v) is 3.14. The van der Waals surface area contributed by atoms with Gasteiger partial charge in [-0.25, -0.2) is 4.98 Å². The lowest BCUT2D eigenvalue weighted by atomic mass is 9.71. The number of hydrogen-bond donors (Lipinski definition) is 3. The normalized spacial score (nSPS) is 15.9. The molecule has 0 amide bonds. The summed E-state index contributed by atoms with van der Waals surface area (Å²) in [4.78, 5) is 4.03. The number of rotatable bonds is 2. The van der Waals surface area contributed by atoms with Crippen molar-refractivity contribution in [3.8, 4) is 0 Å². The first-order chi connectivity index (χ1) is 7.24. The second kappa shape index (κ2) is 4.03. The molecule has 1 unspecified atom stereocenters. The van der Waals surface area contributed by atoms with Gasteiger partial charge in [0.05, 0.1) is 0 Å². The van der Waals surface area contributed by atoms with E-state index in [9.17, 15) is 5.11 Å². The Morgan fingerprint density at radius 3 is 2.31 bits per heavy atom. The molecular formula is C12H21N3O. The Hall–Kier alpha value is -1.13. The molecule has 1 aromatic rings. The van der Waals surface area contributed by atoms with E-state index in [2.05, 4.69) is 4.98 Å². The van der Waals surface area contributed by atoms with Crippen LogP contribution in [0, 0.1) is 12.3 Å². The van der Waals surface area contributed by atoms with E-state index in [0.717, 1.165) is 5.56 Å². The number of aliphatic hydroxyl groups is 1. The Morgan fingerprint density at radius 1 is 1.38 bits per heavy atom. The van der Waals surface area contributed by atoms with Gasteiger partial charge in [0.1, 0.15) is 11.4 Å². The van der Waals surface area contributed by atoms with Crippen LogP contribution in [0.5, 0.6) is 0 Å². The van der Waals surface area contributed by atoms with Gasteiger partial charge in [0.15, 0.2) is 0 Å². The van der Waals surface area contributed by atoms with E-state index in [-0.39, 0.29) is 6.54 Å². The highest BCUT2D eigenvalue weighted by atomic mass is 16.3. The van der Waals surface area contributed by atoms with E-state index in [1.54, 1.807) is 6.20 Å². The molecule has 0 bridgehead atoms. The van der Waals surface area contributed by atoms with Crippen LogP contribution >= 0.6 is 0 Å². The first kappa shape index (κ1) is 12.9. The van der Waals surface area contributed by atoms with Crippen LogP contribution in [0.3, 0.4) is 0 Å². The number of aryl methyl sites for hydroxylation is 1. The summed E-state index contributed by atoms with van der Waals surface area (Å²) >= 11 is 0. The zero-order valence-electron chi connectivity index (χ0n) is 10.4. The highest BCUT2D eigenvalue weighted by molar-refractivity contribution is 5.49. The fourth-order valence-electron chi connectivity index (χ4n) is 1.90. The molecule has 0 saturated heterocycles. The van der Waals surface area contributed by atoms with Gasteiger partial charge in [0, 0.05) is 18.3 Å². The molecule has 0 aliphatic carbocycles. The molecule has 1 heterocycles. The van der Waals surface area contributed by atoms with Crippen LogP contribution in [0.2, 0.25) is 0 Å². The third kappa shape index (κ3) is 1.90. The monoisotopic (exact) mass is 223 g/mol. The zero-order chi connectivity index (χ0) is 12.6. The second-order valence-electron chi connectivity index (χ2n) is 5.20. The van der Waals surface area contributed by atoms with Crippen LogP contribution in [0.25, 0.3) is 0 Å². The molecule has 1 aromatic heterocycles. The average Bonchev–Trinajstić information content (AvgIpc) is 2.15. The zero-order valence-corrected chi connectivity index (χ0v) is 10.4. The summed E-state index contributed by atoms with van der Waals surface area (Å²) in [5, 5.41) is 10.7. The van der Waals surface area contributed by atoms with Crippen molar-refractivity contribution in [2.75, 3.05) is 12.3 Å². The van der Waals surface area contributed by atoms with Gasteiger partial charge in [-0.3, -0.25) is 0 Å². The van der Waals surface area contributed by atoms with Crippen molar-refractivity contribution < 1.29 is 5.11 Å². The van der Waals surface area contributed by atoms with Crippen LogP contribution in [0.1, 0.15) is 31.9 Å². The fraction of sp³-hybridized carbons (Fsp3) is 0.583. The summed E-state index contributed by atoms with van der Waals surface area (Å²) in [5.74, 6) is 0.350. The predicted octanol–water partition coefficient (Wildman–Crippen LogP) is 1.16. The van der Waals surface area contributed by atoms with Crippen molar-refractivity contribution >= 4 is 5.82 Å². The summed E-state index contributed by atoms with van der Waals surface area (Å²) in [7, 11) is 0. The molecule has 1 atom stereocenters. The van der Waals surface area contributed by atoms with Crippen molar-refractivity contribution in [2.45, 2.75) is 33.3 Å². The Kier molecular flexibility index (Phi) is 3.26. The van der Waals surface area contributed by atoms with Crippen molar-refractivity contribution in [2.24, 2.45) is 11.1 Å². The highest BCUT2D eigenvalue weighted by Crippen LogP contribution is 2.41. The first-order valence-electron chi connectivity index (χ1n) is 5.38. The molecule has 0 aliphatic rings. The largest absolute Gasteiger partial charge is 0.383 e. The van der Waals surface area contributed by atoms with Crippen LogP contribution < -0.4 is 11.5 Å². The summed E-state index contributed by atoms with van der Waals surface area (Å²) in [6, 6.07) is 1.83. The smallest absolute Gasteiger partial charge is 0.129 e. The molecule has 5 N–H and O–H groups in total. The maximum atomic E-state index is 10.7. The lowest BCUT2D eigenvalue weighted by Gasteiger charge is -2.41. The fourth-order valence-corrected chi connectivity index (χ4v) is 1.90. The molecule has 4 nitrogen and oxygen atoms in total. The Labute approximate surface area is 96.7 Å². The van der Waals surface area contributed by atoms with E-state index >= 15 is 0 Å². The van der Waals surface area contributed by atoms with Gasteiger partial charge in [-0.15, -0.1) is 0 Å². The van der Waals surface area contributed by atoms with Gasteiger partial charge in [0.2, 0.25) is 0 Å². The van der Waals surface area contributed by atoms with Gasteiger partial charge in [-0.05, 0) is 24.0 Å². The van der Waals surface area contributed by atoms with Gasteiger partial charge in [0.25, 0.3) is 0 Å². The number of pyridine rings is 1. The van der Waals surface area contributed by atoms with Crippen molar-refractivity contribution in [3.63, 3.8) is 0 Å². The SMILES string of the molecule is Cc1ccnc(N)c1C(O)(CN)C(C)(C)C. The first-order valence-corrected chi connectivity index (χ1v) is 5.38. The maximum Gasteiger partial charge on any atom is 0.129 e. The minimum absolute atomic E-state index is 0.118. The van der Waals surface area contributed by atoms with E-state index in [0.29, 0.717) is 11.4 Å². The van der Waals surface area contributed by atoms with Crippen LogP contribution in [-0.4, -0.2) is 16.6 Å². The molecule has 0 aromatic carbocycles. The quantitative estimate of drug-likeness (QED) is 0.702. The van der Waals surface area contributed by atoms with Crippen molar-refractivity contribution in [1.29, 1.82) is 0 Å². The number of anilines is 1. The maximum absolute atomic E-state index is 10.7. The lowest BCUT2D eigenvalue weighted by Crippen LogP contribution is -2.47. The summed E-state index contributed by atoms with van der Waals surface area (Å²) in [6.07, 6.45) is 1.63. The molecule has 90 valence electrons. The van der Waals surface area contributed by atoms with Crippen LogP contribution in [-0.2, 0) is 5.60 Å². The molecular weight excluding hydrogens is 202 g/mol. The topological polar surface area (TPSA) is 85.2 Å². The Morgan fingerprint density at radius 2 is 1.94 bits per heavy atom. The average molecular weight is 223 g/mol. The molecule has 0 radical (unpaired) electrons. The molecule has 0 saturated carbocycles. The van der Waals surface area contributed by atoms with E-state index in [1.165, 1.54) is 0 Å². The van der Waals surface area contributed by atoms with Crippen LogP contribution in [0.4, 0.5) is 5.82 Å². The molecule has 0 spiro atoms. The van der Waals surface area contributed by atoms with Gasteiger partial charge >= 0.3 is 0 Å². The van der Waals surface area contributed by atoms with Gasteiger partial charge in [-0.1, -0.05) is 20.8 Å². The Bertz CT molecular complexity index is 364. The summed E-state index contributed by atoms with van der Waals surface area (Å²) in [6.45, 7) is 7.83. The number of aromatic nitrogens is 1. The van der Waals surface area contributed by atoms with E-state index in [1.807, 2.05) is 33.8 Å². The second-order valence-corrected chi connectivity index (χ2v) is 5.20. The summed E-state index contributed by atoms with van der Waals surface area (Å²) in [5.41, 5.74) is 11.6. The van der Waals surface area contributed by atoms with Gasteiger partial charge < -0.3 is 16.6 Å². The van der Waals surface area contributed by atoms with Crippen molar-refractivity contribution in [1.82, 2.24) is 4.98 Å². The molecule has 16 heavy (non-hydrogen) atoms.